The lowest BCUT2D eigenvalue weighted by atomic mass is 9.69. The third-order valence-electron chi connectivity index (χ3n) is 6.80. The number of alkyl halides is 3. The van der Waals surface area contributed by atoms with Crippen LogP contribution in [0.3, 0.4) is 0 Å². The lowest BCUT2D eigenvalue weighted by molar-refractivity contribution is -0.154. The fraction of sp³-hybridized carbons (Fsp3) is 0.481. The molecule has 1 aliphatic rings. The summed E-state index contributed by atoms with van der Waals surface area (Å²) in [7, 11) is 3.14. The van der Waals surface area contributed by atoms with E-state index in [-0.39, 0.29) is 37.2 Å². The van der Waals surface area contributed by atoms with Gasteiger partial charge in [-0.15, -0.1) is 0 Å². The molecule has 0 N–H and O–H groups in total. The molecular weight excluding hydrogens is 478 g/mol. The normalized spacial score (nSPS) is 20.2. The van der Waals surface area contributed by atoms with Gasteiger partial charge in [-0.3, -0.25) is 9.59 Å². The van der Waals surface area contributed by atoms with Gasteiger partial charge in [0.25, 0.3) is 0 Å². The molecule has 1 aliphatic carbocycles. The van der Waals surface area contributed by atoms with Crippen molar-refractivity contribution in [3.63, 3.8) is 0 Å². The van der Waals surface area contributed by atoms with Gasteiger partial charge in [0.05, 0.1) is 25.0 Å². The highest BCUT2D eigenvalue weighted by atomic mass is 19.4. The van der Waals surface area contributed by atoms with E-state index in [4.69, 9.17) is 9.47 Å². The number of hydrogen-bond donors (Lipinski definition) is 0. The van der Waals surface area contributed by atoms with Gasteiger partial charge >= 0.3 is 12.1 Å². The topological polar surface area (TPSA) is 55.8 Å². The molecule has 3 rings (SSSR count). The Bertz CT molecular complexity index is 1110. The summed E-state index contributed by atoms with van der Waals surface area (Å²) in [6.07, 6.45) is -5.17. The van der Waals surface area contributed by atoms with Crippen molar-refractivity contribution < 1.29 is 36.6 Å². The standard InChI is InChI=1S/C27H31F4NO4/c1-6-36-26(34)20-11-15(2)19(13-22(20)33)23-24(27(29,30)31)16(3)12-21(25(23)28)32(4)14-17-7-9-18(35-5)10-8-17/h7-10,12,15,19-20H,6,11,13-14H2,1-5H3. The maximum absolute atomic E-state index is 16.0. The predicted octanol–water partition coefficient (Wildman–Crippen LogP) is 6.06. The molecule has 0 aromatic heterocycles. The number of carbonyl (C=O) groups is 2. The van der Waals surface area contributed by atoms with Crippen molar-refractivity contribution in [2.24, 2.45) is 11.8 Å². The zero-order valence-electron chi connectivity index (χ0n) is 21.0. The summed E-state index contributed by atoms with van der Waals surface area (Å²) in [5.74, 6) is -4.18. The molecule has 3 unspecified atom stereocenters. The van der Waals surface area contributed by atoms with Crippen LogP contribution in [0.2, 0.25) is 0 Å². The van der Waals surface area contributed by atoms with Crippen LogP contribution < -0.4 is 9.64 Å². The second-order valence-electron chi connectivity index (χ2n) is 9.31. The lowest BCUT2D eigenvalue weighted by Crippen LogP contribution is -2.37. The van der Waals surface area contributed by atoms with Crippen LogP contribution in [-0.2, 0) is 27.0 Å². The first kappa shape index (κ1) is 27.5. The van der Waals surface area contributed by atoms with Gasteiger partial charge in [-0.1, -0.05) is 19.1 Å². The number of ether oxygens (including phenoxy) is 2. The number of carbonyl (C=O) groups excluding carboxylic acids is 2. The minimum Gasteiger partial charge on any atom is -0.497 e. The number of ketones is 1. The van der Waals surface area contributed by atoms with E-state index in [2.05, 4.69) is 0 Å². The van der Waals surface area contributed by atoms with E-state index in [1.54, 1.807) is 50.1 Å². The molecule has 5 nitrogen and oxygen atoms in total. The summed E-state index contributed by atoms with van der Waals surface area (Å²) in [5, 5.41) is 0. The van der Waals surface area contributed by atoms with Crippen molar-refractivity contribution in [1.29, 1.82) is 0 Å². The average molecular weight is 510 g/mol. The van der Waals surface area contributed by atoms with E-state index >= 15 is 4.39 Å². The van der Waals surface area contributed by atoms with Crippen LogP contribution in [0.15, 0.2) is 30.3 Å². The number of nitrogens with zero attached hydrogens (tertiary/aromatic N) is 1. The van der Waals surface area contributed by atoms with Gasteiger partial charge in [-0.05, 0) is 61.4 Å². The molecule has 9 heteroatoms. The Morgan fingerprint density at radius 2 is 1.83 bits per heavy atom. The highest BCUT2D eigenvalue weighted by Gasteiger charge is 2.45. The Morgan fingerprint density at radius 1 is 1.19 bits per heavy atom. The first-order valence-corrected chi connectivity index (χ1v) is 11.8. The highest BCUT2D eigenvalue weighted by molar-refractivity contribution is 6.00. The van der Waals surface area contributed by atoms with Crippen LogP contribution >= 0.6 is 0 Å². The van der Waals surface area contributed by atoms with Crippen LogP contribution in [0.4, 0.5) is 23.2 Å². The number of esters is 1. The Kier molecular flexibility index (Phi) is 8.31. The maximum atomic E-state index is 16.0. The van der Waals surface area contributed by atoms with Crippen LogP contribution in [0.5, 0.6) is 5.75 Å². The van der Waals surface area contributed by atoms with Crippen molar-refractivity contribution in [3.8, 4) is 5.75 Å². The Balaban J connectivity index is 2.03. The summed E-state index contributed by atoms with van der Waals surface area (Å²) in [6, 6.07) is 8.28. The molecule has 0 aliphatic heterocycles. The minimum absolute atomic E-state index is 0.00400. The quantitative estimate of drug-likeness (QED) is 0.258. The SMILES string of the molecule is CCOC(=O)C1CC(C)C(c2c(F)c(N(C)Cc3ccc(OC)cc3)cc(C)c2C(F)(F)F)CC1=O. The summed E-state index contributed by atoms with van der Waals surface area (Å²) in [6.45, 7) is 4.89. The van der Waals surface area contributed by atoms with Crippen LogP contribution in [-0.4, -0.2) is 32.5 Å². The second kappa shape index (κ2) is 10.9. The van der Waals surface area contributed by atoms with Crippen molar-refractivity contribution in [3.05, 3.63) is 58.4 Å². The molecule has 1 fully saturated rings. The number of rotatable bonds is 7. The molecule has 0 saturated heterocycles. The molecule has 0 amide bonds. The van der Waals surface area contributed by atoms with Gasteiger partial charge in [0.2, 0.25) is 0 Å². The minimum atomic E-state index is -4.81. The van der Waals surface area contributed by atoms with Crippen molar-refractivity contribution in [2.75, 3.05) is 25.7 Å². The number of benzene rings is 2. The fourth-order valence-electron chi connectivity index (χ4n) is 4.98. The number of Topliss-reactive ketones (excluding diaryl/α,β-unsaturated/α-hetero) is 1. The van der Waals surface area contributed by atoms with Crippen molar-refractivity contribution in [1.82, 2.24) is 0 Å². The Hall–Kier alpha value is -3.10. The summed E-state index contributed by atoms with van der Waals surface area (Å²) < 4.78 is 68.6. The average Bonchev–Trinajstić information content (AvgIpc) is 2.81. The molecule has 2 aromatic carbocycles. The van der Waals surface area contributed by atoms with E-state index in [0.29, 0.717) is 5.75 Å². The van der Waals surface area contributed by atoms with Crippen LogP contribution in [0, 0.1) is 24.6 Å². The number of hydrogen-bond acceptors (Lipinski definition) is 5. The first-order chi connectivity index (χ1) is 16.9. The van der Waals surface area contributed by atoms with E-state index in [0.717, 1.165) is 5.56 Å². The first-order valence-electron chi connectivity index (χ1n) is 11.8. The predicted molar refractivity (Wildman–Crippen MR) is 128 cm³/mol. The van der Waals surface area contributed by atoms with Crippen molar-refractivity contribution in [2.45, 2.75) is 52.3 Å². The number of anilines is 1. The van der Waals surface area contributed by atoms with E-state index in [1.807, 2.05) is 0 Å². The molecule has 0 spiro atoms. The van der Waals surface area contributed by atoms with Crippen LogP contribution in [0.25, 0.3) is 0 Å². The van der Waals surface area contributed by atoms with Gasteiger partial charge in [0, 0.05) is 25.6 Å². The van der Waals surface area contributed by atoms with E-state index in [9.17, 15) is 22.8 Å². The van der Waals surface area contributed by atoms with Gasteiger partial charge in [-0.25, -0.2) is 4.39 Å². The molecule has 36 heavy (non-hydrogen) atoms. The molecule has 0 bridgehead atoms. The van der Waals surface area contributed by atoms with Gasteiger partial charge < -0.3 is 14.4 Å². The number of aryl methyl sites for hydroxylation is 1. The molecule has 196 valence electrons. The van der Waals surface area contributed by atoms with E-state index < -0.39 is 52.6 Å². The van der Waals surface area contributed by atoms with Crippen LogP contribution in [0.1, 0.15) is 54.9 Å². The fourth-order valence-corrected chi connectivity index (χ4v) is 4.98. The van der Waals surface area contributed by atoms with Gasteiger partial charge in [0.1, 0.15) is 17.5 Å². The second-order valence-corrected chi connectivity index (χ2v) is 9.31. The Labute approximate surface area is 208 Å². The molecule has 0 heterocycles. The number of methoxy groups -OCH3 is 1. The molecule has 2 aromatic rings. The number of halogens is 4. The molecule has 0 radical (unpaired) electrons. The third-order valence-corrected chi connectivity index (χ3v) is 6.80. The Morgan fingerprint density at radius 3 is 2.39 bits per heavy atom. The maximum Gasteiger partial charge on any atom is 0.417 e. The monoisotopic (exact) mass is 509 g/mol. The smallest absolute Gasteiger partial charge is 0.417 e. The molecular formula is C27H31F4NO4. The highest BCUT2D eigenvalue weighted by Crippen LogP contribution is 2.48. The van der Waals surface area contributed by atoms with Gasteiger partial charge in [0.15, 0.2) is 5.82 Å². The third kappa shape index (κ3) is 5.65. The molecule has 1 saturated carbocycles. The molecule has 3 atom stereocenters. The zero-order valence-corrected chi connectivity index (χ0v) is 21.0. The zero-order chi connectivity index (χ0) is 26.8. The van der Waals surface area contributed by atoms with E-state index in [1.165, 1.54) is 20.1 Å². The van der Waals surface area contributed by atoms with Gasteiger partial charge in [-0.2, -0.15) is 13.2 Å². The largest absolute Gasteiger partial charge is 0.497 e. The lowest BCUT2D eigenvalue weighted by Gasteiger charge is -2.35. The van der Waals surface area contributed by atoms with Crippen molar-refractivity contribution >= 4 is 17.4 Å². The summed E-state index contributed by atoms with van der Waals surface area (Å²) >= 11 is 0. The summed E-state index contributed by atoms with van der Waals surface area (Å²) in [5.41, 5.74) is -0.862. The summed E-state index contributed by atoms with van der Waals surface area (Å²) in [4.78, 5) is 26.5.